The van der Waals surface area contributed by atoms with Crippen LogP contribution in [0.3, 0.4) is 0 Å². The third-order valence-corrected chi connectivity index (χ3v) is 4.30. The van der Waals surface area contributed by atoms with Crippen molar-refractivity contribution in [2.45, 2.75) is 26.7 Å². The minimum Gasteiger partial charge on any atom is -0.399 e. The van der Waals surface area contributed by atoms with Gasteiger partial charge in [-0.25, -0.2) is 5.53 Å². The molecule has 0 bridgehead atoms. The first-order valence-electron chi connectivity index (χ1n) is 10.6. The van der Waals surface area contributed by atoms with Crippen molar-refractivity contribution in [3.05, 3.63) is 36.2 Å². The molecule has 9 nitrogen and oxygen atoms in total. The van der Waals surface area contributed by atoms with E-state index in [0.29, 0.717) is 77.1 Å². The zero-order valence-corrected chi connectivity index (χ0v) is 18.7. The summed E-state index contributed by atoms with van der Waals surface area (Å²) in [7, 11) is 0. The van der Waals surface area contributed by atoms with Crippen LogP contribution in [-0.2, 0) is 23.7 Å². The maximum atomic E-state index is 11.4. The van der Waals surface area contributed by atoms with Gasteiger partial charge in [0.15, 0.2) is 0 Å². The molecule has 0 amide bonds. The zero-order chi connectivity index (χ0) is 22.7. The first-order chi connectivity index (χ1) is 15.0. The summed E-state index contributed by atoms with van der Waals surface area (Å²) in [5.41, 5.74) is 15.3. The first-order valence-corrected chi connectivity index (χ1v) is 10.6. The molecule has 0 aliphatic rings. The molecule has 0 radical (unpaired) electrons. The fourth-order valence-corrected chi connectivity index (χ4v) is 2.38. The molecule has 9 heteroatoms. The number of quaternary nitrogens is 1. The van der Waals surface area contributed by atoms with Gasteiger partial charge in [-0.15, -0.1) is 0 Å². The first kappa shape index (κ1) is 26.9. The molecule has 0 spiro atoms. The van der Waals surface area contributed by atoms with Crippen molar-refractivity contribution in [3.8, 4) is 0 Å². The number of Topliss-reactive ketones (excluding diaryl/α,β-unsaturated/α-hetero) is 1. The molecule has 0 heterocycles. The van der Waals surface area contributed by atoms with Gasteiger partial charge >= 0.3 is 0 Å². The van der Waals surface area contributed by atoms with Gasteiger partial charge in [-0.3, -0.25) is 10.1 Å². The smallest absolute Gasteiger partial charge is 0.137 e. The molecule has 1 aromatic carbocycles. The number of hydrogen-bond donors (Lipinski definition) is 3. The predicted octanol–water partition coefficient (Wildman–Crippen LogP) is 2.41. The van der Waals surface area contributed by atoms with Gasteiger partial charge in [0.1, 0.15) is 23.4 Å². The molecule has 1 aromatic rings. The Balaban J connectivity index is 1.92. The van der Waals surface area contributed by atoms with Gasteiger partial charge in [-0.05, 0) is 12.1 Å². The third-order valence-electron chi connectivity index (χ3n) is 4.30. The van der Waals surface area contributed by atoms with Crippen molar-refractivity contribution >= 4 is 17.2 Å². The lowest BCUT2D eigenvalue weighted by atomic mass is 10.1. The number of carbonyl (C=O) groups excluding carboxylic acids is 1. The lowest BCUT2D eigenvalue weighted by molar-refractivity contribution is -0.497. The summed E-state index contributed by atoms with van der Waals surface area (Å²) in [5, 5.41) is 5.43. The number of benzene rings is 1. The minimum atomic E-state index is 0.0611. The average Bonchev–Trinajstić information content (AvgIpc) is 2.76. The highest BCUT2D eigenvalue weighted by Crippen LogP contribution is 2.06. The Bertz CT molecular complexity index is 650. The van der Waals surface area contributed by atoms with E-state index < -0.39 is 0 Å². The van der Waals surface area contributed by atoms with Crippen LogP contribution in [-0.4, -0.2) is 58.6 Å². The fourth-order valence-electron chi connectivity index (χ4n) is 2.38. The number of nitrogens with zero attached hydrogens (tertiary/aromatic N) is 1. The number of ketones is 1. The molecule has 0 saturated carbocycles. The Morgan fingerprint density at radius 1 is 0.935 bits per heavy atom. The topological polar surface area (TPSA) is 133 Å². The average molecular weight is 438 g/mol. The Morgan fingerprint density at radius 2 is 1.42 bits per heavy atom. The van der Waals surface area contributed by atoms with Gasteiger partial charge in [-0.1, -0.05) is 13.8 Å². The number of rotatable bonds is 19. The van der Waals surface area contributed by atoms with E-state index in [4.69, 9.17) is 30.2 Å². The molecule has 31 heavy (non-hydrogen) atoms. The number of hydrogen-bond acceptors (Lipinski definition) is 8. The Labute approximate surface area is 184 Å². The normalized spacial score (nSPS) is 11.8. The van der Waals surface area contributed by atoms with Crippen LogP contribution >= 0.6 is 0 Å². The van der Waals surface area contributed by atoms with Crippen LogP contribution in [0.1, 0.15) is 26.7 Å². The van der Waals surface area contributed by atoms with Crippen molar-refractivity contribution in [1.29, 1.82) is 5.53 Å². The van der Waals surface area contributed by atoms with Gasteiger partial charge in [0.2, 0.25) is 0 Å². The van der Waals surface area contributed by atoms with Crippen LogP contribution in [0.15, 0.2) is 41.3 Å². The molecule has 0 unspecified atom stereocenters. The molecule has 174 valence electrons. The molecular formula is C22H37N4O5+. The summed E-state index contributed by atoms with van der Waals surface area (Å²) in [5.74, 6) is 0.278. The summed E-state index contributed by atoms with van der Waals surface area (Å²) in [6.45, 7) is 7.57. The number of nitrogens with two attached hydrogens (primary N) is 2. The van der Waals surface area contributed by atoms with Crippen molar-refractivity contribution in [2.75, 3.05) is 58.6 Å². The number of ether oxygens (including phenoxy) is 4. The minimum absolute atomic E-state index is 0.0611. The van der Waals surface area contributed by atoms with Crippen molar-refractivity contribution < 1.29 is 29.1 Å². The Morgan fingerprint density at radius 3 is 1.90 bits per heavy atom. The highest BCUT2D eigenvalue weighted by Gasteiger charge is 2.06. The van der Waals surface area contributed by atoms with Crippen LogP contribution in [0.5, 0.6) is 0 Å². The van der Waals surface area contributed by atoms with Gasteiger partial charge in [0.05, 0.1) is 52.9 Å². The largest absolute Gasteiger partial charge is 0.399 e. The van der Waals surface area contributed by atoms with Crippen molar-refractivity contribution in [3.63, 3.8) is 0 Å². The highest BCUT2D eigenvalue weighted by atomic mass is 16.6. The summed E-state index contributed by atoms with van der Waals surface area (Å²) >= 11 is 0. The number of carbonyl (C=O) groups is 1. The van der Waals surface area contributed by atoms with E-state index in [2.05, 4.69) is 5.11 Å². The Kier molecular flexibility index (Phi) is 15.2. The maximum Gasteiger partial charge on any atom is 0.137 e. The van der Waals surface area contributed by atoms with Gasteiger partial charge in [0, 0.05) is 36.6 Å². The molecule has 5 N–H and O–H groups in total. The van der Waals surface area contributed by atoms with Crippen LogP contribution in [0.4, 0.5) is 11.4 Å². The monoisotopic (exact) mass is 437 g/mol. The summed E-state index contributed by atoms with van der Waals surface area (Å²) in [6.07, 6.45) is 2.82. The van der Waals surface area contributed by atoms with E-state index in [1.807, 2.05) is 49.6 Å². The van der Waals surface area contributed by atoms with Crippen molar-refractivity contribution in [1.82, 2.24) is 0 Å². The van der Waals surface area contributed by atoms with E-state index >= 15 is 0 Å². The van der Waals surface area contributed by atoms with E-state index in [-0.39, 0.29) is 11.7 Å². The van der Waals surface area contributed by atoms with Crippen LogP contribution in [0.2, 0.25) is 0 Å². The predicted molar refractivity (Wildman–Crippen MR) is 118 cm³/mol. The van der Waals surface area contributed by atoms with Crippen molar-refractivity contribution in [2.24, 2.45) is 11.0 Å². The number of nitrogens with one attached hydrogen (secondary N) is 1. The lowest BCUT2D eigenvalue weighted by Gasteiger charge is -2.08. The van der Waals surface area contributed by atoms with E-state index in [1.54, 1.807) is 0 Å². The number of anilines is 1. The molecule has 0 fully saturated rings. The standard InChI is InChI=1S/C22H36N4O5/c1-18(2)22(27)8-10-29-12-14-31-16-15-30-13-11-28-9-7-21(26-24)17-25-20-5-3-19(23)4-6-20/h3-6,17-18,24-25H,7-16,23H2,1-2H3/p+1/b21-17-,26-24?. The van der Waals surface area contributed by atoms with E-state index in [1.165, 1.54) is 0 Å². The van der Waals surface area contributed by atoms with Crippen LogP contribution in [0.25, 0.3) is 0 Å². The fraction of sp³-hybridized carbons (Fsp3) is 0.591. The van der Waals surface area contributed by atoms with Gasteiger partial charge in [-0.2, -0.15) is 5.11 Å². The van der Waals surface area contributed by atoms with E-state index in [0.717, 1.165) is 5.69 Å². The summed E-state index contributed by atoms with van der Waals surface area (Å²) in [4.78, 5) is 11.4. The second-order valence-corrected chi connectivity index (χ2v) is 7.17. The maximum absolute atomic E-state index is 11.4. The van der Waals surface area contributed by atoms with Crippen LogP contribution < -0.4 is 11.1 Å². The van der Waals surface area contributed by atoms with Gasteiger partial charge in [0.25, 0.3) is 0 Å². The molecule has 0 atom stereocenters. The van der Waals surface area contributed by atoms with Gasteiger partial charge < -0.3 is 24.7 Å². The second kappa shape index (κ2) is 17.5. The Hall–Kier alpha value is -2.17. The molecular weight excluding hydrogens is 400 g/mol. The highest BCUT2D eigenvalue weighted by molar-refractivity contribution is 5.80. The van der Waals surface area contributed by atoms with Crippen LogP contribution in [0, 0.1) is 11.4 Å². The SMILES string of the molecule is CC(C)C(=O)CCOCCOCCOCCOCC/C(=C/[NH2+]c1ccc(N)cc1)N=N. The molecule has 0 aromatic heterocycles. The third kappa shape index (κ3) is 14.5. The molecule has 1 rings (SSSR count). The summed E-state index contributed by atoms with van der Waals surface area (Å²) < 4.78 is 21.7. The lowest BCUT2D eigenvalue weighted by Crippen LogP contribution is -2.71. The second-order valence-electron chi connectivity index (χ2n) is 7.17. The molecule has 0 aliphatic heterocycles. The molecule has 0 saturated heterocycles. The number of nitrogen functional groups attached to an aromatic ring is 1. The summed E-state index contributed by atoms with van der Waals surface area (Å²) in [6, 6.07) is 7.48. The van der Waals surface area contributed by atoms with E-state index in [9.17, 15) is 4.79 Å². The quantitative estimate of drug-likeness (QED) is 0.173. The molecule has 0 aliphatic carbocycles. The zero-order valence-electron chi connectivity index (χ0n) is 18.7.